The molecule has 28 heavy (non-hydrogen) atoms. The van der Waals surface area contributed by atoms with Crippen molar-refractivity contribution in [2.45, 2.75) is 32.1 Å². The number of hydrogen-bond donors (Lipinski definition) is 0. The summed E-state index contributed by atoms with van der Waals surface area (Å²) < 4.78 is 54.5. The molecule has 1 heterocycles. The number of ether oxygens (including phenoxy) is 2. The van der Waals surface area contributed by atoms with Gasteiger partial charge in [-0.05, 0) is 67.9 Å². The first-order chi connectivity index (χ1) is 15.6. The summed E-state index contributed by atoms with van der Waals surface area (Å²) >= 11 is 0. The molecule has 4 rings (SSSR count). The normalized spacial score (nSPS) is 26.5. The Balaban J connectivity index is 1.54. The van der Waals surface area contributed by atoms with Crippen molar-refractivity contribution in [1.82, 2.24) is 4.90 Å². The van der Waals surface area contributed by atoms with E-state index in [-0.39, 0.29) is 6.42 Å². The van der Waals surface area contributed by atoms with Crippen LogP contribution in [-0.2, 0) is 12.9 Å². The average Bonchev–Trinajstić information content (AvgIpc) is 3.09. The van der Waals surface area contributed by atoms with Gasteiger partial charge in [-0.25, -0.2) is 0 Å². The lowest BCUT2D eigenvalue weighted by molar-refractivity contribution is 0.0895. The van der Waals surface area contributed by atoms with Crippen molar-refractivity contribution < 1.29 is 21.1 Å². The number of ketones is 1. The van der Waals surface area contributed by atoms with Crippen molar-refractivity contribution in [2.24, 2.45) is 11.8 Å². The number of fused-ring (bicyclic) bond motifs is 1. The zero-order valence-electron chi connectivity index (χ0n) is 21.3. The third-order valence-corrected chi connectivity index (χ3v) is 5.43. The third-order valence-electron chi connectivity index (χ3n) is 5.43. The van der Waals surface area contributed by atoms with Crippen molar-refractivity contribution in [3.63, 3.8) is 0 Å². The van der Waals surface area contributed by atoms with Crippen molar-refractivity contribution in [1.29, 1.82) is 0 Å². The van der Waals surface area contributed by atoms with E-state index in [0.29, 0.717) is 54.1 Å². The Bertz CT molecular complexity index is 1040. The molecule has 0 N–H and O–H groups in total. The van der Waals surface area contributed by atoms with E-state index >= 15 is 0 Å². The minimum atomic E-state index is -2.07. The Labute approximate surface area is 174 Å². The quantitative estimate of drug-likeness (QED) is 0.742. The van der Waals surface area contributed by atoms with Crippen molar-refractivity contribution in [3.8, 4) is 11.5 Å². The van der Waals surface area contributed by atoms with E-state index in [2.05, 4.69) is 0 Å². The highest BCUT2D eigenvalue weighted by Gasteiger charge is 2.34. The highest BCUT2D eigenvalue weighted by Crippen LogP contribution is 2.39. The van der Waals surface area contributed by atoms with Crippen LogP contribution in [0.5, 0.6) is 11.5 Å². The van der Waals surface area contributed by atoms with Gasteiger partial charge in [-0.2, -0.15) is 0 Å². The third kappa shape index (κ3) is 3.93. The van der Waals surface area contributed by atoms with E-state index in [4.69, 9.17) is 16.3 Å². The number of carbonyl (C=O) groups excluding carboxylic acids is 1. The van der Waals surface area contributed by atoms with Gasteiger partial charge in [0.1, 0.15) is 0 Å². The van der Waals surface area contributed by atoms with E-state index in [1.165, 1.54) is 14.2 Å². The molecule has 2 aliphatic rings. The van der Waals surface area contributed by atoms with Gasteiger partial charge in [-0.1, -0.05) is 30.3 Å². The second-order valence-electron chi connectivity index (χ2n) is 7.23. The molecule has 1 unspecified atom stereocenters. The maximum Gasteiger partial charge on any atom is 0.166 e. The molecule has 0 radical (unpaired) electrons. The second-order valence-corrected chi connectivity index (χ2v) is 7.23. The number of likely N-dealkylation sites (tertiary alicyclic amines) is 1. The number of carbonyl (C=O) groups is 1. The Kier molecular flexibility index (Phi) is 4.11. The van der Waals surface area contributed by atoms with Gasteiger partial charge >= 0.3 is 0 Å². The Morgan fingerprint density at radius 1 is 1.11 bits per heavy atom. The molecule has 2 aromatic rings. The predicted molar refractivity (Wildman–Crippen MR) is 110 cm³/mol. The van der Waals surface area contributed by atoms with Crippen LogP contribution in [-0.4, -0.2) is 38.0 Å². The maximum atomic E-state index is 13.3. The van der Waals surface area contributed by atoms with Crippen LogP contribution < -0.4 is 9.47 Å². The number of hydrogen-bond acceptors (Lipinski definition) is 4. The molecule has 0 bridgehead atoms. The van der Waals surface area contributed by atoms with Crippen LogP contribution in [0.25, 0.3) is 0 Å². The summed E-state index contributed by atoms with van der Waals surface area (Å²) in [6, 6.07) is 12.2. The smallest absolute Gasteiger partial charge is 0.166 e. The molecule has 1 atom stereocenters. The summed E-state index contributed by atoms with van der Waals surface area (Å²) in [5, 5.41) is 0. The number of benzene rings is 2. The summed E-state index contributed by atoms with van der Waals surface area (Å²) in [5.74, 6) is -2.18. The van der Waals surface area contributed by atoms with Gasteiger partial charge in [-0.3, -0.25) is 9.69 Å². The highest BCUT2D eigenvalue weighted by atomic mass is 16.5. The van der Waals surface area contributed by atoms with Gasteiger partial charge in [-0.15, -0.1) is 0 Å². The highest BCUT2D eigenvalue weighted by molar-refractivity contribution is 6.02. The molecule has 1 fully saturated rings. The summed E-state index contributed by atoms with van der Waals surface area (Å²) in [6.07, 6.45) is -1.36. The lowest BCUT2D eigenvalue weighted by atomic mass is 9.85. The van der Waals surface area contributed by atoms with Gasteiger partial charge in [0, 0.05) is 24.8 Å². The first-order valence-corrected chi connectivity index (χ1v) is 9.66. The SMILES string of the molecule is [2H]C([2H])(c1ccccc1)N1CCC(C([2H])([2H])C2([2H])Cc3cc(OC)c(OC)cc3C2=O)CC1. The number of Topliss-reactive ketones (excluding diaryl/α,β-unsaturated/α-hetero) is 1. The van der Waals surface area contributed by atoms with Gasteiger partial charge in [0.25, 0.3) is 0 Å². The van der Waals surface area contributed by atoms with Crippen molar-refractivity contribution in [2.75, 3.05) is 27.3 Å². The van der Waals surface area contributed by atoms with Crippen LogP contribution in [0, 0.1) is 11.8 Å². The van der Waals surface area contributed by atoms with Gasteiger partial charge in [0.2, 0.25) is 0 Å². The average molecular weight is 385 g/mol. The molecular formula is C24H29NO3. The van der Waals surface area contributed by atoms with Gasteiger partial charge < -0.3 is 9.47 Å². The molecule has 148 valence electrons. The van der Waals surface area contributed by atoms with Crippen molar-refractivity contribution >= 4 is 5.78 Å². The van der Waals surface area contributed by atoms with E-state index < -0.39 is 30.5 Å². The standard InChI is InChI=1S/C24H29NO3/c1-27-22-14-19-13-20(24(26)21(19)15-23(22)28-2)12-17-8-10-25(11-9-17)16-18-6-4-3-5-7-18/h3-7,14-15,17,20H,8-13,16H2,1-2H3/i12D2,16D2,20D. The van der Waals surface area contributed by atoms with E-state index in [0.717, 1.165) is 0 Å². The first-order valence-electron chi connectivity index (χ1n) is 12.2. The van der Waals surface area contributed by atoms with E-state index in [1.807, 2.05) is 6.07 Å². The molecule has 0 aromatic heterocycles. The number of piperidine rings is 1. The molecule has 0 saturated carbocycles. The molecule has 0 amide bonds. The Morgan fingerprint density at radius 2 is 1.79 bits per heavy atom. The summed E-state index contributed by atoms with van der Waals surface area (Å²) in [5.41, 5.74) is 1.46. The van der Waals surface area contributed by atoms with Crippen LogP contribution >= 0.6 is 0 Å². The number of rotatable bonds is 6. The fourth-order valence-corrected chi connectivity index (χ4v) is 3.91. The number of methoxy groups -OCH3 is 2. The second kappa shape index (κ2) is 8.36. The molecule has 0 spiro atoms. The molecule has 1 saturated heterocycles. The lowest BCUT2D eigenvalue weighted by Crippen LogP contribution is -2.34. The fraction of sp³-hybridized carbons (Fsp3) is 0.458. The van der Waals surface area contributed by atoms with Crippen LogP contribution in [0.15, 0.2) is 42.5 Å². The topological polar surface area (TPSA) is 38.8 Å². The van der Waals surface area contributed by atoms with Crippen molar-refractivity contribution in [3.05, 3.63) is 59.2 Å². The fourth-order valence-electron chi connectivity index (χ4n) is 3.91. The Morgan fingerprint density at radius 3 is 2.46 bits per heavy atom. The maximum absolute atomic E-state index is 13.3. The summed E-state index contributed by atoms with van der Waals surface area (Å²) in [7, 11) is 2.97. The summed E-state index contributed by atoms with van der Waals surface area (Å²) in [6.45, 7) is -0.958. The number of nitrogens with zero attached hydrogens (tertiary/aromatic N) is 1. The van der Waals surface area contributed by atoms with Crippen LogP contribution in [0.2, 0.25) is 0 Å². The minimum absolute atomic E-state index is 0.0282. The van der Waals surface area contributed by atoms with Crippen LogP contribution in [0.4, 0.5) is 0 Å². The van der Waals surface area contributed by atoms with Gasteiger partial charge in [0.05, 0.1) is 14.2 Å². The molecule has 1 aliphatic heterocycles. The van der Waals surface area contributed by atoms with Gasteiger partial charge in [0.15, 0.2) is 17.3 Å². The molecular weight excluding hydrogens is 350 g/mol. The Hall–Kier alpha value is -2.33. The van der Waals surface area contributed by atoms with Crippen LogP contribution in [0.1, 0.15) is 47.6 Å². The minimum Gasteiger partial charge on any atom is -0.493 e. The van der Waals surface area contributed by atoms with E-state index in [1.54, 1.807) is 41.3 Å². The van der Waals surface area contributed by atoms with E-state index in [9.17, 15) is 4.79 Å². The molecule has 4 nitrogen and oxygen atoms in total. The zero-order valence-corrected chi connectivity index (χ0v) is 16.3. The predicted octanol–water partition coefficient (Wildman–Crippen LogP) is 4.36. The monoisotopic (exact) mass is 384 g/mol. The molecule has 1 aliphatic carbocycles. The molecule has 4 heteroatoms. The lowest BCUT2D eigenvalue weighted by Gasteiger charge is -2.32. The zero-order chi connectivity index (χ0) is 24.0. The van der Waals surface area contributed by atoms with Crippen LogP contribution in [0.3, 0.4) is 0 Å². The summed E-state index contributed by atoms with van der Waals surface area (Å²) in [4.78, 5) is 15.0. The molecule has 2 aromatic carbocycles. The largest absolute Gasteiger partial charge is 0.493 e. The first kappa shape index (κ1) is 13.8.